The monoisotopic (exact) mass is 295 g/mol. The van der Waals surface area contributed by atoms with E-state index < -0.39 is 5.82 Å². The summed E-state index contributed by atoms with van der Waals surface area (Å²) in [4.78, 5) is 22.7. The first kappa shape index (κ1) is 15.4. The van der Waals surface area contributed by atoms with Gasteiger partial charge >= 0.3 is 0 Å². The number of ether oxygens (including phenoxy) is 1. The summed E-state index contributed by atoms with van der Waals surface area (Å²) < 4.78 is 19.0. The molecule has 1 fully saturated rings. The number of rotatable bonds is 5. The highest BCUT2D eigenvalue weighted by atomic mass is 19.1. The maximum Gasteiger partial charge on any atom is 0.250 e. The number of hydrogen-bond donors (Lipinski definition) is 3. The van der Waals surface area contributed by atoms with Crippen molar-refractivity contribution in [2.45, 2.75) is 19.4 Å². The average Bonchev–Trinajstić information content (AvgIpc) is 2.37. The molecule has 1 aromatic carbocycles. The molecule has 0 atom stereocenters. The van der Waals surface area contributed by atoms with Gasteiger partial charge in [-0.15, -0.1) is 0 Å². The molecule has 1 aliphatic heterocycles. The minimum atomic E-state index is -0.562. The Labute approximate surface area is 122 Å². The van der Waals surface area contributed by atoms with Crippen LogP contribution in [0.15, 0.2) is 18.2 Å². The number of nitrogens with one attached hydrogen (secondary N) is 3. The number of carbonyl (C=O) groups is 2. The van der Waals surface area contributed by atoms with Crippen LogP contribution in [0.2, 0.25) is 0 Å². The minimum absolute atomic E-state index is 0.0244. The smallest absolute Gasteiger partial charge is 0.250 e. The van der Waals surface area contributed by atoms with Gasteiger partial charge in [0.25, 0.3) is 0 Å². The molecule has 1 heterocycles. The molecule has 6 nitrogen and oxygen atoms in total. The molecular formula is C14H18FN3O3. The summed E-state index contributed by atoms with van der Waals surface area (Å²) in [7, 11) is 0. The highest BCUT2D eigenvalue weighted by Crippen LogP contribution is 2.20. The Hall–Kier alpha value is -1.99. The molecule has 0 radical (unpaired) electrons. The predicted octanol–water partition coefficient (Wildman–Crippen LogP) is 1.10. The second-order valence-electron chi connectivity index (χ2n) is 5.27. The molecule has 1 aromatic rings. The molecule has 7 heteroatoms. The lowest BCUT2D eigenvalue weighted by molar-refractivity contribution is -0.130. The third kappa shape index (κ3) is 4.24. The van der Waals surface area contributed by atoms with Gasteiger partial charge in [0.1, 0.15) is 12.4 Å². The molecule has 0 spiro atoms. The van der Waals surface area contributed by atoms with Crippen molar-refractivity contribution in [2.24, 2.45) is 0 Å². The fraction of sp³-hybridized carbons (Fsp3) is 0.429. The first-order chi connectivity index (χ1) is 9.88. The van der Waals surface area contributed by atoms with Gasteiger partial charge in [0.05, 0.1) is 11.3 Å². The number of hydrogen-bond acceptors (Lipinski definition) is 4. The normalized spacial score (nSPS) is 16.0. The number of carbonyl (C=O) groups excluding carboxylic acids is 2. The number of benzene rings is 1. The SMILES string of the molecule is CC(=O)Nc1cc(NC(=O)COC2(C)CNC2)ccc1F. The lowest BCUT2D eigenvalue weighted by Gasteiger charge is -2.38. The van der Waals surface area contributed by atoms with Crippen LogP contribution < -0.4 is 16.0 Å². The van der Waals surface area contributed by atoms with Crippen molar-refractivity contribution >= 4 is 23.2 Å². The minimum Gasteiger partial charge on any atom is -0.363 e. The summed E-state index contributed by atoms with van der Waals surface area (Å²) in [5, 5.41) is 8.03. The van der Waals surface area contributed by atoms with Crippen molar-refractivity contribution in [3.63, 3.8) is 0 Å². The Morgan fingerprint density at radius 3 is 2.67 bits per heavy atom. The van der Waals surface area contributed by atoms with E-state index in [9.17, 15) is 14.0 Å². The van der Waals surface area contributed by atoms with Crippen molar-refractivity contribution in [3.8, 4) is 0 Å². The Morgan fingerprint density at radius 2 is 2.10 bits per heavy atom. The lowest BCUT2D eigenvalue weighted by Crippen LogP contribution is -2.59. The van der Waals surface area contributed by atoms with Crippen molar-refractivity contribution in [1.29, 1.82) is 0 Å². The zero-order chi connectivity index (χ0) is 15.5. The third-order valence-electron chi connectivity index (χ3n) is 3.11. The van der Waals surface area contributed by atoms with Crippen LogP contribution in [0, 0.1) is 5.82 Å². The molecular weight excluding hydrogens is 277 g/mol. The second-order valence-corrected chi connectivity index (χ2v) is 5.27. The van der Waals surface area contributed by atoms with E-state index in [1.54, 1.807) is 0 Å². The topological polar surface area (TPSA) is 79.5 Å². The van der Waals surface area contributed by atoms with Crippen molar-refractivity contribution < 1.29 is 18.7 Å². The van der Waals surface area contributed by atoms with Gasteiger partial charge in [0.15, 0.2) is 0 Å². The van der Waals surface area contributed by atoms with E-state index in [1.165, 1.54) is 25.1 Å². The molecule has 3 N–H and O–H groups in total. The third-order valence-corrected chi connectivity index (χ3v) is 3.11. The summed E-state index contributed by atoms with van der Waals surface area (Å²) in [6.07, 6.45) is 0. The van der Waals surface area contributed by atoms with Crippen molar-refractivity contribution in [1.82, 2.24) is 5.32 Å². The van der Waals surface area contributed by atoms with Gasteiger partial charge in [-0.05, 0) is 25.1 Å². The molecule has 0 unspecified atom stereocenters. The Bertz CT molecular complexity index is 558. The van der Waals surface area contributed by atoms with E-state index in [2.05, 4.69) is 16.0 Å². The van der Waals surface area contributed by atoms with E-state index in [1.807, 2.05) is 6.92 Å². The molecule has 0 saturated carbocycles. The Balaban J connectivity index is 1.92. The van der Waals surface area contributed by atoms with Crippen LogP contribution in [-0.2, 0) is 14.3 Å². The molecule has 1 aliphatic rings. The summed E-state index contributed by atoms with van der Waals surface area (Å²) in [5.41, 5.74) is 0.114. The number of amides is 2. The molecule has 2 rings (SSSR count). The molecule has 0 aliphatic carbocycles. The van der Waals surface area contributed by atoms with Crippen LogP contribution in [-0.4, -0.2) is 37.1 Å². The first-order valence-corrected chi connectivity index (χ1v) is 6.60. The lowest BCUT2D eigenvalue weighted by atomic mass is 10.0. The highest BCUT2D eigenvalue weighted by Gasteiger charge is 2.32. The van der Waals surface area contributed by atoms with Crippen LogP contribution in [0.4, 0.5) is 15.8 Å². The Kier molecular flexibility index (Phi) is 4.54. The first-order valence-electron chi connectivity index (χ1n) is 6.60. The van der Waals surface area contributed by atoms with E-state index in [4.69, 9.17) is 4.74 Å². The van der Waals surface area contributed by atoms with Crippen LogP contribution in [0.25, 0.3) is 0 Å². The quantitative estimate of drug-likeness (QED) is 0.760. The highest BCUT2D eigenvalue weighted by molar-refractivity contribution is 5.94. The van der Waals surface area contributed by atoms with Crippen LogP contribution in [0.5, 0.6) is 0 Å². The van der Waals surface area contributed by atoms with Crippen LogP contribution >= 0.6 is 0 Å². The zero-order valence-corrected chi connectivity index (χ0v) is 12.0. The molecule has 21 heavy (non-hydrogen) atoms. The summed E-state index contributed by atoms with van der Waals surface area (Å²) >= 11 is 0. The van der Waals surface area contributed by atoms with Gasteiger partial charge in [-0.1, -0.05) is 0 Å². The number of halogens is 1. The fourth-order valence-corrected chi connectivity index (χ4v) is 1.90. The Morgan fingerprint density at radius 1 is 1.38 bits per heavy atom. The standard InChI is InChI=1S/C14H18FN3O3/c1-9(19)17-12-5-10(3-4-11(12)15)18-13(20)6-21-14(2)7-16-8-14/h3-5,16H,6-8H2,1-2H3,(H,17,19)(H,18,20). The molecule has 0 bridgehead atoms. The van der Waals surface area contributed by atoms with Crippen LogP contribution in [0.3, 0.4) is 0 Å². The largest absolute Gasteiger partial charge is 0.363 e. The summed E-state index contributed by atoms with van der Waals surface area (Å²) in [6.45, 7) is 4.55. The van der Waals surface area contributed by atoms with Gasteiger partial charge in [-0.2, -0.15) is 0 Å². The molecule has 0 aromatic heterocycles. The van der Waals surface area contributed by atoms with E-state index in [0.29, 0.717) is 18.8 Å². The number of anilines is 2. The van der Waals surface area contributed by atoms with Gasteiger partial charge in [-0.3, -0.25) is 9.59 Å². The van der Waals surface area contributed by atoms with Gasteiger partial charge in [-0.25, -0.2) is 4.39 Å². The van der Waals surface area contributed by atoms with Crippen LogP contribution in [0.1, 0.15) is 13.8 Å². The molecule has 1 saturated heterocycles. The molecule has 2 amide bonds. The summed E-state index contributed by atoms with van der Waals surface area (Å²) in [6, 6.07) is 3.96. The zero-order valence-electron chi connectivity index (χ0n) is 12.0. The summed E-state index contributed by atoms with van der Waals surface area (Å²) in [5.74, 6) is -1.28. The predicted molar refractivity (Wildman–Crippen MR) is 76.6 cm³/mol. The van der Waals surface area contributed by atoms with Gasteiger partial charge in [0, 0.05) is 25.7 Å². The maximum atomic E-state index is 13.5. The van der Waals surface area contributed by atoms with Crippen molar-refractivity contribution in [3.05, 3.63) is 24.0 Å². The van der Waals surface area contributed by atoms with E-state index in [0.717, 1.165) is 0 Å². The van der Waals surface area contributed by atoms with Gasteiger partial charge < -0.3 is 20.7 Å². The van der Waals surface area contributed by atoms with Gasteiger partial charge in [0.2, 0.25) is 11.8 Å². The maximum absolute atomic E-state index is 13.5. The van der Waals surface area contributed by atoms with Crippen molar-refractivity contribution in [2.75, 3.05) is 30.3 Å². The average molecular weight is 295 g/mol. The van der Waals surface area contributed by atoms with E-state index in [-0.39, 0.29) is 29.7 Å². The van der Waals surface area contributed by atoms with E-state index >= 15 is 0 Å². The molecule has 114 valence electrons. The fourth-order valence-electron chi connectivity index (χ4n) is 1.90. The second kappa shape index (κ2) is 6.19.